The van der Waals surface area contributed by atoms with Crippen molar-refractivity contribution in [3.63, 3.8) is 0 Å². The Kier molecular flexibility index (Phi) is 5.88. The Morgan fingerprint density at radius 2 is 1.95 bits per heavy atom. The Balaban J connectivity index is 2.15. The summed E-state index contributed by atoms with van der Waals surface area (Å²) in [6, 6.07) is 0.189. The summed E-state index contributed by atoms with van der Waals surface area (Å²) in [7, 11) is 0. The Labute approximate surface area is 127 Å². The van der Waals surface area contributed by atoms with Gasteiger partial charge in [0.25, 0.3) is 0 Å². The molecule has 2 rings (SSSR count). The predicted molar refractivity (Wildman–Crippen MR) is 83.0 cm³/mol. The van der Waals surface area contributed by atoms with E-state index in [9.17, 15) is 9.59 Å². The van der Waals surface area contributed by atoms with Crippen LogP contribution in [0.4, 0.5) is 4.79 Å². The Hall–Kier alpha value is -1.26. The van der Waals surface area contributed by atoms with E-state index >= 15 is 0 Å². The molecule has 5 heteroatoms. The minimum atomic E-state index is -0.0326. The number of fused-ring (bicyclic) bond motifs is 1. The van der Waals surface area contributed by atoms with E-state index in [2.05, 4.69) is 10.6 Å². The van der Waals surface area contributed by atoms with Gasteiger partial charge in [-0.05, 0) is 46.0 Å². The summed E-state index contributed by atoms with van der Waals surface area (Å²) >= 11 is 0. The van der Waals surface area contributed by atoms with Crippen molar-refractivity contribution in [1.82, 2.24) is 15.5 Å². The van der Waals surface area contributed by atoms with Crippen LogP contribution in [0.5, 0.6) is 0 Å². The molecule has 1 aliphatic carbocycles. The SMILES string of the molecule is CC(C)NC(=O)N1CCCCCNC(=O)[C@@H]2CCCC[C@@H]21. The molecule has 0 aromatic carbocycles. The van der Waals surface area contributed by atoms with E-state index in [-0.39, 0.29) is 29.9 Å². The van der Waals surface area contributed by atoms with Crippen molar-refractivity contribution in [2.24, 2.45) is 5.92 Å². The van der Waals surface area contributed by atoms with E-state index in [1.807, 2.05) is 18.7 Å². The summed E-state index contributed by atoms with van der Waals surface area (Å²) in [4.78, 5) is 26.8. The number of rotatable bonds is 1. The maximum Gasteiger partial charge on any atom is 0.317 e. The zero-order chi connectivity index (χ0) is 15.2. The molecule has 2 fully saturated rings. The zero-order valence-electron chi connectivity index (χ0n) is 13.4. The lowest BCUT2D eigenvalue weighted by atomic mass is 9.82. The van der Waals surface area contributed by atoms with E-state index in [1.165, 1.54) is 0 Å². The van der Waals surface area contributed by atoms with Crippen LogP contribution in [0.1, 0.15) is 58.8 Å². The van der Waals surface area contributed by atoms with Gasteiger partial charge in [0, 0.05) is 25.2 Å². The molecule has 2 atom stereocenters. The molecule has 0 aromatic heterocycles. The molecular formula is C16H29N3O2. The van der Waals surface area contributed by atoms with Crippen molar-refractivity contribution in [1.29, 1.82) is 0 Å². The third kappa shape index (κ3) is 4.35. The molecule has 0 unspecified atom stereocenters. The molecule has 3 amide bonds. The number of carbonyl (C=O) groups excluding carboxylic acids is 2. The van der Waals surface area contributed by atoms with Gasteiger partial charge in [-0.25, -0.2) is 4.79 Å². The summed E-state index contributed by atoms with van der Waals surface area (Å²) in [6.07, 6.45) is 7.14. The first-order valence-electron chi connectivity index (χ1n) is 8.44. The third-order valence-electron chi connectivity index (χ3n) is 4.51. The van der Waals surface area contributed by atoms with Crippen LogP contribution in [0.2, 0.25) is 0 Å². The molecule has 0 spiro atoms. The summed E-state index contributed by atoms with van der Waals surface area (Å²) in [5.74, 6) is 0.110. The molecule has 2 N–H and O–H groups in total. The number of amides is 3. The van der Waals surface area contributed by atoms with Gasteiger partial charge in [-0.2, -0.15) is 0 Å². The zero-order valence-corrected chi connectivity index (χ0v) is 13.4. The topological polar surface area (TPSA) is 61.4 Å². The normalized spacial score (nSPS) is 27.8. The molecule has 5 nitrogen and oxygen atoms in total. The van der Waals surface area contributed by atoms with Crippen LogP contribution in [-0.2, 0) is 4.79 Å². The first-order valence-corrected chi connectivity index (χ1v) is 8.44. The summed E-state index contributed by atoms with van der Waals surface area (Å²) in [6.45, 7) is 5.50. The lowest BCUT2D eigenvalue weighted by Gasteiger charge is -2.40. The van der Waals surface area contributed by atoms with Crippen LogP contribution < -0.4 is 10.6 Å². The fourth-order valence-electron chi connectivity index (χ4n) is 3.46. The highest BCUT2D eigenvalue weighted by Crippen LogP contribution is 2.29. The average molecular weight is 295 g/mol. The van der Waals surface area contributed by atoms with Gasteiger partial charge in [0.2, 0.25) is 5.91 Å². The fraction of sp³-hybridized carbons (Fsp3) is 0.875. The fourth-order valence-corrected chi connectivity index (χ4v) is 3.46. The number of urea groups is 1. The molecule has 0 aromatic rings. The van der Waals surface area contributed by atoms with Gasteiger partial charge in [0.1, 0.15) is 0 Å². The standard InChI is InChI=1S/C16H29N3O2/c1-12(2)18-16(21)19-11-7-3-6-10-17-15(20)13-8-4-5-9-14(13)19/h12-14H,3-11H2,1-2H3,(H,17,20)(H,18,21)/t13-,14+/m1/s1. The minimum Gasteiger partial charge on any atom is -0.356 e. The molecule has 21 heavy (non-hydrogen) atoms. The second kappa shape index (κ2) is 7.66. The maximum atomic E-state index is 12.5. The molecule has 1 saturated heterocycles. The minimum absolute atomic E-state index is 0.00438. The highest BCUT2D eigenvalue weighted by atomic mass is 16.2. The van der Waals surface area contributed by atoms with Crippen molar-refractivity contribution in [2.75, 3.05) is 13.1 Å². The number of hydrogen-bond acceptors (Lipinski definition) is 2. The largest absolute Gasteiger partial charge is 0.356 e. The first-order chi connectivity index (χ1) is 10.1. The predicted octanol–water partition coefficient (Wildman–Crippen LogP) is 2.27. The van der Waals surface area contributed by atoms with Crippen LogP contribution in [0.25, 0.3) is 0 Å². The van der Waals surface area contributed by atoms with Gasteiger partial charge in [0.15, 0.2) is 0 Å². The Morgan fingerprint density at radius 3 is 2.71 bits per heavy atom. The Bertz CT molecular complexity index is 371. The summed E-state index contributed by atoms with van der Waals surface area (Å²) < 4.78 is 0. The van der Waals surface area contributed by atoms with Crippen LogP contribution in [0, 0.1) is 5.92 Å². The van der Waals surface area contributed by atoms with Crippen molar-refractivity contribution in [3.05, 3.63) is 0 Å². The van der Waals surface area contributed by atoms with E-state index < -0.39 is 0 Å². The molecule has 0 bridgehead atoms. The van der Waals surface area contributed by atoms with E-state index in [0.29, 0.717) is 0 Å². The highest BCUT2D eigenvalue weighted by Gasteiger charge is 2.37. The van der Waals surface area contributed by atoms with Crippen LogP contribution in [0.3, 0.4) is 0 Å². The smallest absolute Gasteiger partial charge is 0.317 e. The van der Waals surface area contributed by atoms with E-state index in [4.69, 9.17) is 0 Å². The maximum absolute atomic E-state index is 12.5. The monoisotopic (exact) mass is 295 g/mol. The number of nitrogens with zero attached hydrogens (tertiary/aromatic N) is 1. The lowest BCUT2D eigenvalue weighted by molar-refractivity contribution is -0.128. The molecule has 1 heterocycles. The Morgan fingerprint density at radius 1 is 1.19 bits per heavy atom. The summed E-state index contributed by atoms with van der Waals surface area (Å²) in [5, 5.41) is 6.05. The van der Waals surface area contributed by atoms with Crippen molar-refractivity contribution in [3.8, 4) is 0 Å². The van der Waals surface area contributed by atoms with E-state index in [1.54, 1.807) is 0 Å². The summed E-state index contributed by atoms with van der Waals surface area (Å²) in [5.41, 5.74) is 0. The second-order valence-electron chi connectivity index (χ2n) is 6.61. The molecule has 1 saturated carbocycles. The van der Waals surface area contributed by atoms with Gasteiger partial charge >= 0.3 is 6.03 Å². The van der Waals surface area contributed by atoms with Crippen LogP contribution in [-0.4, -0.2) is 42.0 Å². The van der Waals surface area contributed by atoms with Crippen molar-refractivity contribution >= 4 is 11.9 Å². The van der Waals surface area contributed by atoms with Gasteiger partial charge in [-0.1, -0.05) is 12.8 Å². The van der Waals surface area contributed by atoms with Crippen molar-refractivity contribution in [2.45, 2.75) is 70.9 Å². The number of hydrogen-bond donors (Lipinski definition) is 2. The van der Waals surface area contributed by atoms with Gasteiger partial charge in [-0.3, -0.25) is 4.79 Å². The van der Waals surface area contributed by atoms with Crippen LogP contribution in [0.15, 0.2) is 0 Å². The third-order valence-corrected chi connectivity index (χ3v) is 4.51. The van der Waals surface area contributed by atoms with Gasteiger partial charge < -0.3 is 15.5 Å². The van der Waals surface area contributed by atoms with Gasteiger partial charge in [0.05, 0.1) is 5.92 Å². The molecule has 2 aliphatic rings. The number of carbonyl (C=O) groups is 2. The lowest BCUT2D eigenvalue weighted by Crippen LogP contribution is -2.55. The van der Waals surface area contributed by atoms with E-state index in [0.717, 1.165) is 58.0 Å². The molecule has 1 aliphatic heterocycles. The molecule has 0 radical (unpaired) electrons. The quantitative estimate of drug-likeness (QED) is 0.779. The number of nitrogens with one attached hydrogen (secondary N) is 2. The molecule has 120 valence electrons. The van der Waals surface area contributed by atoms with Crippen LogP contribution >= 0.6 is 0 Å². The first kappa shape index (κ1) is 16.1. The van der Waals surface area contributed by atoms with Crippen molar-refractivity contribution < 1.29 is 9.59 Å². The second-order valence-corrected chi connectivity index (χ2v) is 6.61. The van der Waals surface area contributed by atoms with Gasteiger partial charge in [-0.15, -0.1) is 0 Å². The molecular weight excluding hydrogens is 266 g/mol. The highest BCUT2D eigenvalue weighted by molar-refractivity contribution is 5.81. The average Bonchev–Trinajstić information content (AvgIpc) is 2.45.